The van der Waals surface area contributed by atoms with Gasteiger partial charge in [0.2, 0.25) is 0 Å². The van der Waals surface area contributed by atoms with Gasteiger partial charge in [0.25, 0.3) is 6.43 Å². The summed E-state index contributed by atoms with van der Waals surface area (Å²) in [5, 5.41) is 2.24. The molecule has 0 saturated heterocycles. The monoisotopic (exact) mass is 260 g/mol. The second-order valence-corrected chi connectivity index (χ2v) is 4.27. The van der Waals surface area contributed by atoms with Crippen molar-refractivity contribution in [1.82, 2.24) is 9.97 Å². The lowest BCUT2D eigenvalue weighted by molar-refractivity contribution is 0.145. The van der Waals surface area contributed by atoms with E-state index in [2.05, 4.69) is 9.97 Å². The van der Waals surface area contributed by atoms with Gasteiger partial charge in [-0.3, -0.25) is 0 Å². The van der Waals surface area contributed by atoms with Crippen molar-refractivity contribution in [3.05, 3.63) is 29.2 Å². The Morgan fingerprint density at radius 2 is 2.12 bits per heavy atom. The van der Waals surface area contributed by atoms with Gasteiger partial charge in [-0.2, -0.15) is 0 Å². The first-order valence-electron chi connectivity index (χ1n) is 4.40. The predicted octanol–water partition coefficient (Wildman–Crippen LogP) is 3.94. The van der Waals surface area contributed by atoms with E-state index in [1.54, 1.807) is 12.3 Å². The second-order valence-electron chi connectivity index (χ2n) is 3.09. The lowest BCUT2D eigenvalue weighted by Crippen LogP contribution is -1.93. The third-order valence-electron chi connectivity index (χ3n) is 2.08. The molecule has 0 aliphatic rings. The van der Waals surface area contributed by atoms with E-state index in [1.807, 2.05) is 0 Å². The zero-order valence-electron chi connectivity index (χ0n) is 8.25. The molecule has 0 unspecified atom stereocenters. The summed E-state index contributed by atoms with van der Waals surface area (Å²) in [5.74, 6) is 0. The van der Waals surface area contributed by atoms with Crippen molar-refractivity contribution in [3.63, 3.8) is 0 Å². The summed E-state index contributed by atoms with van der Waals surface area (Å²) in [6.45, 7) is 0. The Morgan fingerprint density at radius 1 is 1.38 bits per heavy atom. The molecule has 0 aliphatic heterocycles. The highest BCUT2D eigenvalue weighted by Crippen LogP contribution is 2.29. The van der Waals surface area contributed by atoms with Crippen molar-refractivity contribution in [3.8, 4) is 0 Å². The Kier molecular flexibility index (Phi) is 3.25. The maximum Gasteiger partial charge on any atom is 0.280 e. The molecule has 6 heteroatoms. The van der Waals surface area contributed by atoms with Crippen molar-refractivity contribution in [1.29, 1.82) is 0 Å². The highest BCUT2D eigenvalue weighted by Gasteiger charge is 2.13. The van der Waals surface area contributed by atoms with Gasteiger partial charge in [0.1, 0.15) is 15.9 Å². The van der Waals surface area contributed by atoms with Crippen LogP contribution in [0.15, 0.2) is 23.4 Å². The van der Waals surface area contributed by atoms with Crippen LogP contribution in [0.5, 0.6) is 0 Å². The maximum atomic E-state index is 12.6. The molecule has 0 fully saturated rings. The van der Waals surface area contributed by atoms with Crippen molar-refractivity contribution in [2.45, 2.75) is 11.5 Å². The van der Waals surface area contributed by atoms with Crippen LogP contribution >= 0.6 is 23.4 Å². The molecule has 16 heavy (non-hydrogen) atoms. The van der Waals surface area contributed by atoms with Gasteiger partial charge in [0, 0.05) is 17.0 Å². The van der Waals surface area contributed by atoms with E-state index in [4.69, 9.17) is 11.6 Å². The Bertz CT molecular complexity index is 533. The van der Waals surface area contributed by atoms with E-state index in [0.29, 0.717) is 15.6 Å². The average Bonchev–Trinajstić information content (AvgIpc) is 2.27. The minimum Gasteiger partial charge on any atom is -0.244 e. The highest BCUT2D eigenvalue weighted by molar-refractivity contribution is 7.98. The molecule has 0 aliphatic carbocycles. The first kappa shape index (κ1) is 11.5. The molecule has 0 atom stereocenters. The fourth-order valence-corrected chi connectivity index (χ4v) is 2.13. The molecule has 0 bridgehead atoms. The van der Waals surface area contributed by atoms with E-state index in [0.717, 1.165) is 5.39 Å². The number of fused-ring (bicyclic) bond motifs is 1. The van der Waals surface area contributed by atoms with E-state index in [-0.39, 0.29) is 5.69 Å². The minimum absolute atomic E-state index is 0.235. The van der Waals surface area contributed by atoms with Crippen LogP contribution in [0.1, 0.15) is 12.1 Å². The first-order valence-corrected chi connectivity index (χ1v) is 6.00. The Balaban J connectivity index is 2.73. The average molecular weight is 261 g/mol. The molecule has 2 aromatic rings. The van der Waals surface area contributed by atoms with E-state index in [9.17, 15) is 8.78 Å². The molecule has 0 amide bonds. The van der Waals surface area contributed by atoms with Gasteiger partial charge < -0.3 is 0 Å². The van der Waals surface area contributed by atoms with Gasteiger partial charge in [0.05, 0.1) is 0 Å². The largest absolute Gasteiger partial charge is 0.280 e. The predicted molar refractivity (Wildman–Crippen MR) is 61.3 cm³/mol. The summed E-state index contributed by atoms with van der Waals surface area (Å²) in [5.41, 5.74) is -0.235. The molecular formula is C10H7ClF2N2S. The summed E-state index contributed by atoms with van der Waals surface area (Å²) in [6.07, 6.45) is 0.682. The van der Waals surface area contributed by atoms with Gasteiger partial charge in [-0.15, -0.1) is 11.8 Å². The molecule has 0 aromatic carbocycles. The summed E-state index contributed by atoms with van der Waals surface area (Å²) in [7, 11) is 0. The van der Waals surface area contributed by atoms with Crippen LogP contribution in [-0.2, 0) is 0 Å². The van der Waals surface area contributed by atoms with Crippen molar-refractivity contribution < 1.29 is 8.78 Å². The van der Waals surface area contributed by atoms with Crippen molar-refractivity contribution >= 4 is 34.1 Å². The molecule has 2 aromatic heterocycles. The second kappa shape index (κ2) is 4.51. The van der Waals surface area contributed by atoms with Crippen LogP contribution in [-0.4, -0.2) is 16.2 Å². The number of pyridine rings is 2. The van der Waals surface area contributed by atoms with Gasteiger partial charge in [-0.25, -0.2) is 18.7 Å². The third kappa shape index (κ3) is 2.10. The molecule has 0 N–H and O–H groups in total. The molecule has 2 nitrogen and oxygen atoms in total. The van der Waals surface area contributed by atoms with Crippen LogP contribution < -0.4 is 0 Å². The van der Waals surface area contributed by atoms with Crippen molar-refractivity contribution in [2.75, 3.05) is 6.26 Å². The molecule has 2 rings (SSSR count). The molecule has 0 saturated carbocycles. The zero-order valence-corrected chi connectivity index (χ0v) is 9.82. The Hall–Kier alpha value is -0.940. The lowest BCUT2D eigenvalue weighted by Gasteiger charge is -2.06. The molecular weight excluding hydrogens is 254 g/mol. The smallest absolute Gasteiger partial charge is 0.244 e. The lowest BCUT2D eigenvalue weighted by atomic mass is 10.2. The Labute approximate surface area is 100 Å². The number of nitrogens with zero attached hydrogens (tertiary/aromatic N) is 2. The van der Waals surface area contributed by atoms with E-state index in [1.165, 1.54) is 24.0 Å². The fraction of sp³-hybridized carbons (Fsp3) is 0.200. The van der Waals surface area contributed by atoms with Gasteiger partial charge >= 0.3 is 0 Å². The van der Waals surface area contributed by atoms with E-state index >= 15 is 0 Å². The van der Waals surface area contributed by atoms with Crippen LogP contribution in [0.4, 0.5) is 8.78 Å². The number of aromatic nitrogens is 2. The van der Waals surface area contributed by atoms with Gasteiger partial charge in [0.15, 0.2) is 0 Å². The number of hydrogen-bond donors (Lipinski definition) is 0. The normalized spacial score (nSPS) is 11.3. The number of rotatable bonds is 2. The zero-order chi connectivity index (χ0) is 11.7. The van der Waals surface area contributed by atoms with Crippen LogP contribution in [0.25, 0.3) is 10.8 Å². The van der Waals surface area contributed by atoms with Gasteiger partial charge in [-0.05, 0) is 18.4 Å². The van der Waals surface area contributed by atoms with Crippen LogP contribution in [0, 0.1) is 0 Å². The molecule has 2 heterocycles. The van der Waals surface area contributed by atoms with Crippen LogP contribution in [0.2, 0.25) is 5.15 Å². The molecule has 84 valence electrons. The quantitative estimate of drug-likeness (QED) is 0.604. The minimum atomic E-state index is -2.58. The van der Waals surface area contributed by atoms with Gasteiger partial charge in [-0.1, -0.05) is 11.6 Å². The Morgan fingerprint density at radius 3 is 2.75 bits per heavy atom. The van der Waals surface area contributed by atoms with Crippen molar-refractivity contribution in [2.24, 2.45) is 0 Å². The fourth-order valence-electron chi connectivity index (χ4n) is 1.38. The maximum absolute atomic E-state index is 12.6. The number of thioether (sulfide) groups is 1. The number of alkyl halides is 2. The van der Waals surface area contributed by atoms with E-state index < -0.39 is 6.43 Å². The number of halogens is 3. The highest BCUT2D eigenvalue weighted by atomic mass is 35.5. The molecule has 0 radical (unpaired) electrons. The van der Waals surface area contributed by atoms with Crippen LogP contribution in [0.3, 0.4) is 0 Å². The summed E-state index contributed by atoms with van der Waals surface area (Å²) < 4.78 is 25.1. The summed E-state index contributed by atoms with van der Waals surface area (Å²) in [4.78, 5) is 7.75. The topological polar surface area (TPSA) is 25.8 Å². The summed E-state index contributed by atoms with van der Waals surface area (Å²) in [6, 6.07) is 2.97. The standard InChI is InChI=1S/C10H7ClF2N2S/c1-16-10-6-3-8(11)14-4-5(6)2-7(15-10)9(12)13/h2-4,9H,1H3. The number of hydrogen-bond acceptors (Lipinski definition) is 3. The summed E-state index contributed by atoms with van der Waals surface area (Å²) >= 11 is 7.06. The third-order valence-corrected chi connectivity index (χ3v) is 2.99. The molecule has 0 spiro atoms. The first-order chi connectivity index (χ1) is 7.61. The SMILES string of the molecule is CSc1nc(C(F)F)cc2cnc(Cl)cc12.